The lowest BCUT2D eigenvalue weighted by molar-refractivity contribution is 0.175. The SMILES string of the molecule is Cc1sc(CNCC(O)c2ccsc2)cc1Br. The van der Waals surface area contributed by atoms with Gasteiger partial charge in [-0.3, -0.25) is 0 Å². The van der Waals surface area contributed by atoms with Crippen molar-refractivity contribution in [3.8, 4) is 0 Å². The minimum atomic E-state index is -0.411. The molecule has 5 heteroatoms. The summed E-state index contributed by atoms with van der Waals surface area (Å²) in [6.07, 6.45) is -0.411. The normalized spacial score (nSPS) is 12.9. The maximum Gasteiger partial charge on any atom is 0.0922 e. The quantitative estimate of drug-likeness (QED) is 0.875. The summed E-state index contributed by atoms with van der Waals surface area (Å²) in [5.74, 6) is 0. The second-order valence-corrected chi connectivity index (χ2v) is 6.80. The van der Waals surface area contributed by atoms with Gasteiger partial charge in [-0.15, -0.1) is 11.3 Å². The number of halogens is 1. The molecule has 2 aromatic heterocycles. The number of aliphatic hydroxyl groups excluding tert-OH is 1. The van der Waals surface area contributed by atoms with Crippen LogP contribution in [0, 0.1) is 6.92 Å². The third-order valence-corrected chi connectivity index (χ3v) is 5.31. The van der Waals surface area contributed by atoms with Crippen molar-refractivity contribution in [1.82, 2.24) is 5.32 Å². The van der Waals surface area contributed by atoms with Crippen LogP contribution in [0.1, 0.15) is 21.4 Å². The van der Waals surface area contributed by atoms with E-state index in [1.54, 1.807) is 22.7 Å². The van der Waals surface area contributed by atoms with E-state index >= 15 is 0 Å². The summed E-state index contributed by atoms with van der Waals surface area (Å²) in [4.78, 5) is 2.58. The molecular formula is C12H14BrNOS2. The van der Waals surface area contributed by atoms with Gasteiger partial charge in [0, 0.05) is 27.3 Å². The molecule has 0 aliphatic heterocycles. The van der Waals surface area contributed by atoms with E-state index in [0.717, 1.165) is 16.6 Å². The molecule has 1 atom stereocenters. The molecule has 2 aromatic rings. The molecule has 2 rings (SSSR count). The molecule has 0 saturated heterocycles. The van der Waals surface area contributed by atoms with Gasteiger partial charge in [0.05, 0.1) is 6.10 Å². The molecule has 1 unspecified atom stereocenters. The summed E-state index contributed by atoms with van der Waals surface area (Å²) in [6, 6.07) is 4.09. The van der Waals surface area contributed by atoms with Gasteiger partial charge in [-0.25, -0.2) is 0 Å². The van der Waals surface area contributed by atoms with E-state index < -0.39 is 6.10 Å². The maximum absolute atomic E-state index is 9.89. The Morgan fingerprint density at radius 1 is 1.53 bits per heavy atom. The molecule has 2 N–H and O–H groups in total. The average Bonchev–Trinajstić information content (AvgIpc) is 2.90. The van der Waals surface area contributed by atoms with Crippen molar-refractivity contribution >= 4 is 38.6 Å². The monoisotopic (exact) mass is 331 g/mol. The molecule has 0 spiro atoms. The van der Waals surface area contributed by atoms with Crippen LogP contribution in [0.5, 0.6) is 0 Å². The number of rotatable bonds is 5. The van der Waals surface area contributed by atoms with Gasteiger partial charge >= 0.3 is 0 Å². The molecular weight excluding hydrogens is 318 g/mol. The highest BCUT2D eigenvalue weighted by atomic mass is 79.9. The molecule has 92 valence electrons. The molecule has 0 saturated carbocycles. The van der Waals surface area contributed by atoms with Crippen molar-refractivity contribution in [2.75, 3.05) is 6.54 Å². The summed E-state index contributed by atoms with van der Waals surface area (Å²) in [5.41, 5.74) is 0.992. The van der Waals surface area contributed by atoms with Crippen molar-refractivity contribution in [2.45, 2.75) is 19.6 Å². The fraction of sp³-hybridized carbons (Fsp3) is 0.333. The molecule has 0 amide bonds. The van der Waals surface area contributed by atoms with Gasteiger partial charge in [-0.1, -0.05) is 0 Å². The van der Waals surface area contributed by atoms with Crippen molar-refractivity contribution in [3.63, 3.8) is 0 Å². The predicted molar refractivity (Wildman–Crippen MR) is 77.7 cm³/mol. The minimum Gasteiger partial charge on any atom is -0.387 e. The van der Waals surface area contributed by atoms with E-state index in [2.05, 4.69) is 34.2 Å². The smallest absolute Gasteiger partial charge is 0.0922 e. The molecule has 17 heavy (non-hydrogen) atoms. The van der Waals surface area contributed by atoms with E-state index in [9.17, 15) is 5.11 Å². The second-order valence-electron chi connectivity index (χ2n) is 3.82. The zero-order valence-corrected chi connectivity index (χ0v) is 12.7. The highest BCUT2D eigenvalue weighted by molar-refractivity contribution is 9.10. The van der Waals surface area contributed by atoms with E-state index in [1.165, 1.54) is 9.75 Å². The van der Waals surface area contributed by atoms with Crippen molar-refractivity contribution in [3.05, 3.63) is 42.7 Å². The lowest BCUT2D eigenvalue weighted by Crippen LogP contribution is -2.20. The van der Waals surface area contributed by atoms with E-state index in [-0.39, 0.29) is 0 Å². The zero-order valence-electron chi connectivity index (χ0n) is 9.44. The number of thiophene rings is 2. The van der Waals surface area contributed by atoms with Crippen LogP contribution in [0.2, 0.25) is 0 Å². The first-order valence-corrected chi connectivity index (χ1v) is 7.87. The van der Waals surface area contributed by atoms with Crippen LogP contribution in [-0.2, 0) is 6.54 Å². The first kappa shape index (κ1) is 13.2. The van der Waals surface area contributed by atoms with Crippen LogP contribution in [0.25, 0.3) is 0 Å². The highest BCUT2D eigenvalue weighted by Crippen LogP contribution is 2.26. The van der Waals surface area contributed by atoms with Crippen LogP contribution >= 0.6 is 38.6 Å². The van der Waals surface area contributed by atoms with Gasteiger partial charge in [0.2, 0.25) is 0 Å². The molecule has 0 aliphatic rings. The Morgan fingerprint density at radius 3 is 2.94 bits per heavy atom. The van der Waals surface area contributed by atoms with Gasteiger partial charge in [0.15, 0.2) is 0 Å². The Balaban J connectivity index is 1.80. The molecule has 2 heterocycles. The summed E-state index contributed by atoms with van der Waals surface area (Å²) in [5, 5.41) is 17.1. The Morgan fingerprint density at radius 2 is 2.35 bits per heavy atom. The van der Waals surface area contributed by atoms with Crippen LogP contribution in [0.4, 0.5) is 0 Å². The Hall–Kier alpha value is -0.200. The van der Waals surface area contributed by atoms with Gasteiger partial charge in [0.1, 0.15) is 0 Å². The standard InChI is InChI=1S/C12H14BrNOS2/c1-8-11(13)4-10(17-8)5-14-6-12(15)9-2-3-16-7-9/h2-4,7,12,14-15H,5-6H2,1H3. The largest absolute Gasteiger partial charge is 0.387 e. The first-order chi connectivity index (χ1) is 8.16. The van der Waals surface area contributed by atoms with Crippen LogP contribution in [-0.4, -0.2) is 11.7 Å². The number of aryl methyl sites for hydroxylation is 1. The van der Waals surface area contributed by atoms with Gasteiger partial charge < -0.3 is 10.4 Å². The van der Waals surface area contributed by atoms with E-state index in [4.69, 9.17) is 0 Å². The Bertz CT molecular complexity index is 447. The fourth-order valence-electron chi connectivity index (χ4n) is 1.52. The molecule has 2 nitrogen and oxygen atoms in total. The van der Waals surface area contributed by atoms with Crippen LogP contribution in [0.15, 0.2) is 27.4 Å². The summed E-state index contributed by atoms with van der Waals surface area (Å²) >= 11 is 6.89. The van der Waals surface area contributed by atoms with Crippen LogP contribution < -0.4 is 5.32 Å². The van der Waals surface area contributed by atoms with Gasteiger partial charge in [-0.2, -0.15) is 11.3 Å². The highest BCUT2D eigenvalue weighted by Gasteiger charge is 2.08. The van der Waals surface area contributed by atoms with Crippen LogP contribution in [0.3, 0.4) is 0 Å². The first-order valence-electron chi connectivity index (χ1n) is 5.32. The summed E-state index contributed by atoms with van der Waals surface area (Å²) < 4.78 is 1.16. The zero-order chi connectivity index (χ0) is 12.3. The van der Waals surface area contributed by atoms with Gasteiger partial charge in [0.25, 0.3) is 0 Å². The Kier molecular flexibility index (Phi) is 4.76. The summed E-state index contributed by atoms with van der Waals surface area (Å²) in [7, 11) is 0. The predicted octanol–water partition coefficient (Wildman–Crippen LogP) is 3.70. The lowest BCUT2D eigenvalue weighted by atomic mass is 10.2. The average molecular weight is 332 g/mol. The number of nitrogens with one attached hydrogen (secondary N) is 1. The number of hydrogen-bond donors (Lipinski definition) is 2. The summed E-state index contributed by atoms with van der Waals surface area (Å²) in [6.45, 7) is 3.49. The molecule has 0 aliphatic carbocycles. The third kappa shape index (κ3) is 3.63. The minimum absolute atomic E-state index is 0.411. The molecule has 0 fully saturated rings. The van der Waals surface area contributed by atoms with Crippen molar-refractivity contribution in [2.24, 2.45) is 0 Å². The number of aliphatic hydroxyl groups is 1. The lowest BCUT2D eigenvalue weighted by Gasteiger charge is -2.09. The maximum atomic E-state index is 9.89. The van der Waals surface area contributed by atoms with E-state index in [1.807, 2.05) is 16.8 Å². The van der Waals surface area contributed by atoms with Crippen molar-refractivity contribution in [1.29, 1.82) is 0 Å². The van der Waals surface area contributed by atoms with Crippen molar-refractivity contribution < 1.29 is 5.11 Å². The molecule has 0 bridgehead atoms. The van der Waals surface area contributed by atoms with Gasteiger partial charge in [-0.05, 0) is 51.3 Å². The topological polar surface area (TPSA) is 32.3 Å². The van der Waals surface area contributed by atoms with E-state index in [0.29, 0.717) is 6.54 Å². The third-order valence-electron chi connectivity index (χ3n) is 2.47. The molecule has 0 aromatic carbocycles. The second kappa shape index (κ2) is 6.11. The number of hydrogen-bond acceptors (Lipinski definition) is 4. The molecule has 0 radical (unpaired) electrons. The Labute approximate surface area is 117 Å². The fourth-order valence-corrected chi connectivity index (χ4v) is 3.80.